The van der Waals surface area contributed by atoms with Crippen LogP contribution >= 0.6 is 0 Å². The Morgan fingerprint density at radius 2 is 1.55 bits per heavy atom. The van der Waals surface area contributed by atoms with Crippen LogP contribution in [0.2, 0.25) is 0 Å². The van der Waals surface area contributed by atoms with Gasteiger partial charge in [-0.2, -0.15) is 13.0 Å². The molecule has 15 nitrogen and oxygen atoms in total. The van der Waals surface area contributed by atoms with Crippen LogP contribution in [-0.4, -0.2) is 72.7 Å². The number of aromatic hydroxyl groups is 1. The van der Waals surface area contributed by atoms with Crippen LogP contribution in [-0.2, 0) is 30.4 Å². The van der Waals surface area contributed by atoms with E-state index in [-0.39, 0.29) is 78.3 Å². The maximum Gasteiger partial charge on any atom is 1.00 e. The summed E-state index contributed by atoms with van der Waals surface area (Å²) in [5, 5.41) is 22.8. The summed E-state index contributed by atoms with van der Waals surface area (Å²) in [6.45, 7) is 7.52. The van der Waals surface area contributed by atoms with Gasteiger partial charge in [-0.15, -0.1) is 0 Å². The van der Waals surface area contributed by atoms with Gasteiger partial charge < -0.3 is 33.3 Å². The minimum atomic E-state index is -4.95. The Kier molecular flexibility index (Phi) is 16.9. The molecule has 0 spiro atoms. The minimum Gasteiger partial charge on any atom is -0.744 e. The molecular weight excluding hydrogens is 828 g/mol. The molecule has 0 aliphatic carbocycles. The molecule has 0 fully saturated rings. The normalized spacial score (nSPS) is 15.6. The second-order valence-corrected chi connectivity index (χ2v) is 18.2. The zero-order valence-corrected chi connectivity index (χ0v) is 38.2. The van der Waals surface area contributed by atoms with Crippen LogP contribution in [0.3, 0.4) is 0 Å². The molecule has 18 heteroatoms. The van der Waals surface area contributed by atoms with E-state index in [1.54, 1.807) is 23.6 Å². The van der Waals surface area contributed by atoms with E-state index in [0.29, 0.717) is 22.3 Å². The molecule has 320 valence electrons. The quantitative estimate of drug-likeness (QED) is 0.0289. The maximum atomic E-state index is 13.7. The molecule has 2 aromatic carbocycles. The zero-order chi connectivity index (χ0) is 43.1. The van der Waals surface area contributed by atoms with Gasteiger partial charge in [-0.05, 0) is 69.4 Å². The van der Waals surface area contributed by atoms with E-state index in [9.17, 15) is 50.5 Å². The Labute approximate surface area is 371 Å². The summed E-state index contributed by atoms with van der Waals surface area (Å²) in [5.74, 6) is -2.71. The van der Waals surface area contributed by atoms with Crippen molar-refractivity contribution in [2.75, 3.05) is 30.3 Å². The van der Waals surface area contributed by atoms with Crippen molar-refractivity contribution in [2.45, 2.75) is 108 Å². The third-order valence-electron chi connectivity index (χ3n) is 10.9. The van der Waals surface area contributed by atoms with Gasteiger partial charge in [0.1, 0.15) is 38.9 Å². The number of anilines is 1. The summed E-state index contributed by atoms with van der Waals surface area (Å²) in [4.78, 5) is 40.3. The molecule has 1 aliphatic rings. The van der Waals surface area contributed by atoms with Gasteiger partial charge in [0, 0.05) is 54.9 Å². The Balaban J connectivity index is 0.00000794. The van der Waals surface area contributed by atoms with Crippen molar-refractivity contribution < 1.29 is 83.9 Å². The first-order valence-corrected chi connectivity index (χ1v) is 23.0. The van der Waals surface area contributed by atoms with Gasteiger partial charge in [0.2, 0.25) is 5.69 Å². The number of hydrogen-bond donors (Lipinski definition) is 2. The van der Waals surface area contributed by atoms with Crippen LogP contribution in [0.1, 0.15) is 109 Å². The maximum absolute atomic E-state index is 13.7. The zero-order valence-electron chi connectivity index (χ0n) is 34.5. The van der Waals surface area contributed by atoms with E-state index >= 15 is 0 Å². The predicted molar refractivity (Wildman–Crippen MR) is 221 cm³/mol. The number of carbonyl (C=O) groups is 1. The van der Waals surface area contributed by atoms with E-state index < -0.39 is 64.8 Å². The molecule has 0 saturated carbocycles. The van der Waals surface area contributed by atoms with Crippen LogP contribution in [0.15, 0.2) is 65.8 Å². The van der Waals surface area contributed by atoms with Gasteiger partial charge in [-0.25, -0.2) is 18.0 Å². The summed E-state index contributed by atoms with van der Waals surface area (Å²) in [6, 6.07) is 8.88. The fourth-order valence-electron chi connectivity index (χ4n) is 7.87. The van der Waals surface area contributed by atoms with Gasteiger partial charge in [0.15, 0.2) is 11.3 Å². The van der Waals surface area contributed by atoms with Crippen LogP contribution in [0.4, 0.5) is 11.4 Å². The van der Waals surface area contributed by atoms with Crippen molar-refractivity contribution in [3.8, 4) is 5.75 Å². The number of hydrogen-bond acceptors (Lipinski definition) is 13. The third-order valence-corrected chi connectivity index (χ3v) is 12.6. The fourth-order valence-corrected chi connectivity index (χ4v) is 8.86. The Morgan fingerprint density at radius 3 is 2.15 bits per heavy atom. The van der Waals surface area contributed by atoms with Crippen molar-refractivity contribution in [1.82, 2.24) is 0 Å². The van der Waals surface area contributed by atoms with E-state index in [1.807, 2.05) is 6.07 Å². The predicted octanol–water partition coefficient (Wildman–Crippen LogP) is 2.75. The molecule has 2 N–H and O–H groups in total. The molecule has 4 aromatic rings. The smallest absolute Gasteiger partial charge is 0.744 e. The molecule has 0 amide bonds. The molecule has 0 radical (unpaired) electrons. The standard InChI is InChI=1S/C42H52N2O13S2.Na/c1-4-6-8-10-22-43(23-11-9-7-5-2)28-15-17-30-34(26-28)56-41(49)37-38(47)31(40(48)57-39(30)37)18-20-35-42(3,21-12-14-36(45)46)32-27-29(59(53,54)55)16-19-33(32)44(35)24-13-25-58(50,51)52;/h15-20,26-27H,4-14,21-25H2,1-3H3,(H3,45,46,50,51,52,53,54,55);/q;+1/p-1. The average molecular weight is 879 g/mol. The van der Waals surface area contributed by atoms with Crippen molar-refractivity contribution in [3.05, 3.63) is 74.4 Å². The first-order chi connectivity index (χ1) is 27.9. The second-order valence-electron chi connectivity index (χ2n) is 15.2. The largest absolute Gasteiger partial charge is 1.00 e. The summed E-state index contributed by atoms with van der Waals surface area (Å²) in [7, 11) is -9.34. The Morgan fingerprint density at radius 1 is 0.883 bits per heavy atom. The average Bonchev–Trinajstić information content (AvgIpc) is 3.38. The number of allylic oxidation sites excluding steroid dienone is 1. The Hall–Kier alpha value is -3.84. The van der Waals surface area contributed by atoms with Gasteiger partial charge in [0.05, 0.1) is 21.4 Å². The Bertz CT molecular complexity index is 2610. The summed E-state index contributed by atoms with van der Waals surface area (Å²) in [5.41, 5.74) is -1.87. The molecule has 3 heterocycles. The molecule has 1 aliphatic heterocycles. The molecule has 0 bridgehead atoms. The van der Waals surface area contributed by atoms with Crippen LogP contribution in [0.5, 0.6) is 5.75 Å². The molecule has 1 unspecified atom stereocenters. The summed E-state index contributed by atoms with van der Waals surface area (Å²) >= 11 is 0. The van der Waals surface area contributed by atoms with Crippen molar-refractivity contribution in [2.24, 2.45) is 0 Å². The molecule has 60 heavy (non-hydrogen) atoms. The van der Waals surface area contributed by atoms with E-state index in [2.05, 4.69) is 18.7 Å². The monoisotopic (exact) mass is 878 g/mol. The first-order valence-electron chi connectivity index (χ1n) is 20.0. The SMILES string of the molecule is CCCCCCN(CCCCCC)c1ccc2c(c1)oc(=O)c1c(O)c(/C=C/C3=[N+](CCCS(=O)(=O)O)c4ccc(S(=O)(=O)[O-])cc4C3(C)CCCC(=O)[O-])c(=O)oc12.[Na+]. The number of unbranched alkanes of at least 4 members (excludes halogenated alkanes) is 6. The molecular formula is C42H51N2NaO13S2. The molecule has 0 saturated heterocycles. The minimum absolute atomic E-state index is 0. The van der Waals surface area contributed by atoms with Gasteiger partial charge in [-0.1, -0.05) is 52.4 Å². The number of benzene rings is 2. The second kappa shape index (κ2) is 20.8. The fraction of sp³-hybridized carbons (Fsp3) is 0.476. The van der Waals surface area contributed by atoms with E-state index in [1.165, 1.54) is 18.2 Å². The van der Waals surface area contributed by atoms with Crippen LogP contribution in [0, 0.1) is 0 Å². The van der Waals surface area contributed by atoms with E-state index in [4.69, 9.17) is 8.83 Å². The number of carboxylic acid groups (broad SMARTS) is 1. The third kappa shape index (κ3) is 11.5. The summed E-state index contributed by atoms with van der Waals surface area (Å²) in [6.07, 6.45) is 10.8. The van der Waals surface area contributed by atoms with Crippen LogP contribution < -0.4 is 50.8 Å². The van der Waals surface area contributed by atoms with Crippen molar-refractivity contribution >= 4 is 71.3 Å². The number of carboxylic acids is 1. The van der Waals surface area contributed by atoms with Crippen molar-refractivity contribution in [3.63, 3.8) is 0 Å². The van der Waals surface area contributed by atoms with Gasteiger partial charge in [0.25, 0.3) is 10.1 Å². The molecule has 1 atom stereocenters. The van der Waals surface area contributed by atoms with Gasteiger partial charge in [-0.3, -0.25) is 4.55 Å². The van der Waals surface area contributed by atoms with Crippen molar-refractivity contribution in [1.29, 1.82) is 0 Å². The van der Waals surface area contributed by atoms with E-state index in [0.717, 1.165) is 82.3 Å². The summed E-state index contributed by atoms with van der Waals surface area (Å²) < 4.78 is 82.0. The van der Waals surface area contributed by atoms with Crippen LogP contribution in [0.25, 0.3) is 28.0 Å². The van der Waals surface area contributed by atoms with Gasteiger partial charge >= 0.3 is 40.8 Å². The number of aliphatic carboxylic acids is 1. The number of nitrogens with zero attached hydrogens (tertiary/aromatic N) is 2. The molecule has 5 rings (SSSR count). The number of carbonyl (C=O) groups excluding carboxylic acids is 1. The first kappa shape index (κ1) is 48.8. The molecule has 2 aromatic heterocycles. The topological polar surface area (TPSA) is 239 Å². The number of fused-ring (bicyclic) bond motifs is 4. The number of rotatable bonds is 22.